The molecule has 1 saturated heterocycles. The summed E-state index contributed by atoms with van der Waals surface area (Å²) in [6, 6.07) is 4.87. The third kappa shape index (κ3) is 2.77. The average Bonchev–Trinajstić information content (AvgIpc) is 2.32. The minimum absolute atomic E-state index is 0.0125. The molecule has 1 aromatic rings. The van der Waals surface area contributed by atoms with E-state index in [0.29, 0.717) is 23.3 Å². The highest BCUT2D eigenvalue weighted by Crippen LogP contribution is 2.18. The number of hydrogen-bond acceptors (Lipinski definition) is 2. The first-order valence-electron chi connectivity index (χ1n) is 5.44. The highest BCUT2D eigenvalue weighted by molar-refractivity contribution is 14.1. The molecular weight excluding hydrogens is 336 g/mol. The summed E-state index contributed by atoms with van der Waals surface area (Å²) in [5, 5.41) is 0. The fourth-order valence-electron chi connectivity index (χ4n) is 1.84. The van der Waals surface area contributed by atoms with Gasteiger partial charge in [-0.25, -0.2) is 4.39 Å². The van der Waals surface area contributed by atoms with Crippen molar-refractivity contribution < 1.29 is 13.9 Å². The smallest absolute Gasteiger partial charge is 0.257 e. The lowest BCUT2D eigenvalue weighted by atomic mass is 10.1. The second-order valence-corrected chi connectivity index (χ2v) is 5.20. The van der Waals surface area contributed by atoms with Crippen LogP contribution in [-0.2, 0) is 4.74 Å². The number of amides is 1. The van der Waals surface area contributed by atoms with E-state index >= 15 is 0 Å². The number of ether oxygens (including phenoxy) is 1. The molecule has 1 aliphatic heterocycles. The molecule has 3 nitrogen and oxygen atoms in total. The SMILES string of the molecule is C[C@@H]1CN(C(=O)c2cccc(I)c2F)CCO1. The molecule has 5 heteroatoms. The zero-order valence-electron chi connectivity index (χ0n) is 9.45. The van der Waals surface area contributed by atoms with Crippen LogP contribution in [0.5, 0.6) is 0 Å². The molecule has 0 spiro atoms. The highest BCUT2D eigenvalue weighted by atomic mass is 127. The summed E-state index contributed by atoms with van der Waals surface area (Å²) in [6.07, 6.45) is 0.0125. The van der Waals surface area contributed by atoms with E-state index in [1.54, 1.807) is 17.0 Å². The number of nitrogens with zero attached hydrogens (tertiary/aromatic N) is 1. The van der Waals surface area contributed by atoms with Crippen LogP contribution in [0.4, 0.5) is 4.39 Å². The molecule has 0 saturated carbocycles. The second-order valence-electron chi connectivity index (χ2n) is 4.03. The van der Waals surface area contributed by atoms with E-state index < -0.39 is 5.82 Å². The molecule has 1 heterocycles. The normalized spacial score (nSPS) is 20.4. The Labute approximate surface area is 113 Å². The molecule has 0 aliphatic carbocycles. The summed E-state index contributed by atoms with van der Waals surface area (Å²) >= 11 is 1.89. The summed E-state index contributed by atoms with van der Waals surface area (Å²) in [6.45, 7) is 3.46. The van der Waals surface area contributed by atoms with Crippen LogP contribution >= 0.6 is 22.6 Å². The summed E-state index contributed by atoms with van der Waals surface area (Å²) < 4.78 is 19.6. The minimum Gasteiger partial charge on any atom is -0.375 e. The maximum Gasteiger partial charge on any atom is 0.257 e. The van der Waals surface area contributed by atoms with Gasteiger partial charge in [0.25, 0.3) is 5.91 Å². The molecule has 1 aliphatic rings. The number of carbonyl (C=O) groups excluding carboxylic acids is 1. The van der Waals surface area contributed by atoms with Gasteiger partial charge in [0.15, 0.2) is 0 Å². The van der Waals surface area contributed by atoms with E-state index in [1.165, 1.54) is 6.07 Å². The van der Waals surface area contributed by atoms with Gasteiger partial charge >= 0.3 is 0 Å². The van der Waals surface area contributed by atoms with Crippen LogP contribution < -0.4 is 0 Å². The Kier molecular flexibility index (Phi) is 3.98. The molecule has 17 heavy (non-hydrogen) atoms. The van der Waals surface area contributed by atoms with Crippen molar-refractivity contribution in [2.45, 2.75) is 13.0 Å². The summed E-state index contributed by atoms with van der Waals surface area (Å²) in [7, 11) is 0. The maximum atomic E-state index is 13.8. The Morgan fingerprint density at radius 2 is 2.35 bits per heavy atom. The van der Waals surface area contributed by atoms with Crippen LogP contribution in [0.25, 0.3) is 0 Å². The zero-order valence-corrected chi connectivity index (χ0v) is 11.6. The Balaban J connectivity index is 2.22. The number of hydrogen-bond donors (Lipinski definition) is 0. The highest BCUT2D eigenvalue weighted by Gasteiger charge is 2.24. The van der Waals surface area contributed by atoms with E-state index in [1.807, 2.05) is 29.5 Å². The molecule has 1 atom stereocenters. The Hall–Kier alpha value is -0.690. The van der Waals surface area contributed by atoms with Crippen LogP contribution in [0, 0.1) is 9.39 Å². The molecule has 0 radical (unpaired) electrons. The van der Waals surface area contributed by atoms with Gasteiger partial charge in [-0.1, -0.05) is 6.07 Å². The van der Waals surface area contributed by atoms with E-state index in [4.69, 9.17) is 4.74 Å². The van der Waals surface area contributed by atoms with E-state index in [2.05, 4.69) is 0 Å². The third-order valence-electron chi connectivity index (χ3n) is 2.71. The van der Waals surface area contributed by atoms with Gasteiger partial charge in [0.1, 0.15) is 5.82 Å². The maximum absolute atomic E-state index is 13.8. The van der Waals surface area contributed by atoms with Crippen molar-refractivity contribution in [3.05, 3.63) is 33.1 Å². The van der Waals surface area contributed by atoms with Crippen LogP contribution in [0.2, 0.25) is 0 Å². The molecule has 0 unspecified atom stereocenters. The number of halogens is 2. The van der Waals surface area contributed by atoms with Crippen LogP contribution in [-0.4, -0.2) is 36.6 Å². The standard InChI is InChI=1S/C12H13FINO2/c1-8-7-15(5-6-17-8)12(16)9-3-2-4-10(14)11(9)13/h2-4,8H,5-7H2,1H3/t8-/m1/s1. The number of morpholine rings is 1. The summed E-state index contributed by atoms with van der Waals surface area (Å²) in [4.78, 5) is 13.8. The first-order valence-corrected chi connectivity index (χ1v) is 6.52. The van der Waals surface area contributed by atoms with Crippen molar-refractivity contribution in [2.24, 2.45) is 0 Å². The molecule has 0 N–H and O–H groups in total. The zero-order chi connectivity index (χ0) is 12.4. The predicted octanol–water partition coefficient (Wildman–Crippen LogP) is 2.29. The molecule has 1 aromatic carbocycles. The summed E-state index contributed by atoms with van der Waals surface area (Å²) in [5.74, 6) is -0.687. The van der Waals surface area contributed by atoms with Crippen LogP contribution in [0.3, 0.4) is 0 Å². The lowest BCUT2D eigenvalue weighted by molar-refractivity contribution is -0.0125. The lowest BCUT2D eigenvalue weighted by Gasteiger charge is -2.31. The van der Waals surface area contributed by atoms with Crippen molar-refractivity contribution in [3.8, 4) is 0 Å². The first kappa shape index (κ1) is 12.8. The number of benzene rings is 1. The van der Waals surface area contributed by atoms with Gasteiger partial charge in [-0.3, -0.25) is 4.79 Å². The fourth-order valence-corrected chi connectivity index (χ4v) is 2.34. The van der Waals surface area contributed by atoms with E-state index in [9.17, 15) is 9.18 Å². The van der Waals surface area contributed by atoms with Crippen molar-refractivity contribution >= 4 is 28.5 Å². The molecule has 1 fully saturated rings. The molecule has 1 amide bonds. The second kappa shape index (κ2) is 5.30. The largest absolute Gasteiger partial charge is 0.375 e. The fraction of sp³-hybridized carbons (Fsp3) is 0.417. The molecule has 0 aromatic heterocycles. The predicted molar refractivity (Wildman–Crippen MR) is 70.4 cm³/mol. The molecular formula is C12H13FINO2. The molecule has 2 rings (SSSR count). The van der Waals surface area contributed by atoms with Crippen molar-refractivity contribution in [1.82, 2.24) is 4.90 Å². The first-order chi connectivity index (χ1) is 8.09. The average molecular weight is 349 g/mol. The Morgan fingerprint density at radius 1 is 1.59 bits per heavy atom. The van der Waals surface area contributed by atoms with Crippen molar-refractivity contribution in [1.29, 1.82) is 0 Å². The molecule has 0 bridgehead atoms. The molecule has 92 valence electrons. The minimum atomic E-state index is -0.433. The van der Waals surface area contributed by atoms with Gasteiger partial charge in [-0.15, -0.1) is 0 Å². The van der Waals surface area contributed by atoms with Crippen molar-refractivity contribution in [3.63, 3.8) is 0 Å². The van der Waals surface area contributed by atoms with Gasteiger partial charge < -0.3 is 9.64 Å². The van der Waals surface area contributed by atoms with Gasteiger partial charge in [0.2, 0.25) is 0 Å². The van der Waals surface area contributed by atoms with Crippen LogP contribution in [0.1, 0.15) is 17.3 Å². The van der Waals surface area contributed by atoms with Crippen molar-refractivity contribution in [2.75, 3.05) is 19.7 Å². The van der Waals surface area contributed by atoms with Gasteiger partial charge in [0.05, 0.1) is 18.3 Å². The number of rotatable bonds is 1. The van der Waals surface area contributed by atoms with Gasteiger partial charge in [0, 0.05) is 16.7 Å². The lowest BCUT2D eigenvalue weighted by Crippen LogP contribution is -2.44. The number of carbonyl (C=O) groups is 1. The van der Waals surface area contributed by atoms with E-state index in [0.717, 1.165) is 0 Å². The van der Waals surface area contributed by atoms with E-state index in [-0.39, 0.29) is 17.6 Å². The topological polar surface area (TPSA) is 29.5 Å². The quantitative estimate of drug-likeness (QED) is 0.729. The van der Waals surface area contributed by atoms with Gasteiger partial charge in [-0.05, 0) is 41.6 Å². The van der Waals surface area contributed by atoms with Crippen LogP contribution in [0.15, 0.2) is 18.2 Å². The third-order valence-corrected chi connectivity index (χ3v) is 3.54. The summed E-state index contributed by atoms with van der Waals surface area (Å²) in [5.41, 5.74) is 0.144. The monoisotopic (exact) mass is 349 g/mol. The van der Waals surface area contributed by atoms with Gasteiger partial charge in [-0.2, -0.15) is 0 Å². The Bertz CT molecular complexity index is 439. The Morgan fingerprint density at radius 3 is 3.06 bits per heavy atom.